The van der Waals surface area contributed by atoms with Crippen LogP contribution in [0.15, 0.2) is 30.3 Å². The van der Waals surface area contributed by atoms with E-state index >= 15 is 0 Å². The number of benzene rings is 1. The molecule has 0 bridgehead atoms. The zero-order valence-corrected chi connectivity index (χ0v) is 11.5. The first-order valence-corrected chi connectivity index (χ1v) is 6.65. The lowest BCUT2D eigenvalue weighted by molar-refractivity contribution is 0.288. The van der Waals surface area contributed by atoms with Gasteiger partial charge in [-0.25, -0.2) is 4.98 Å². The van der Waals surface area contributed by atoms with Crippen molar-refractivity contribution in [3.05, 3.63) is 30.3 Å². The molecule has 0 aliphatic rings. The van der Waals surface area contributed by atoms with E-state index in [4.69, 9.17) is 10.8 Å². The summed E-state index contributed by atoms with van der Waals surface area (Å²) < 4.78 is 0. The molecule has 0 spiro atoms. The van der Waals surface area contributed by atoms with Gasteiger partial charge in [0.05, 0.1) is 5.52 Å². The second kappa shape index (κ2) is 5.89. The lowest BCUT2D eigenvalue weighted by Gasteiger charge is -2.27. The molecule has 4 nitrogen and oxygen atoms in total. The summed E-state index contributed by atoms with van der Waals surface area (Å²) in [6.45, 7) is 5.27. The lowest BCUT2D eigenvalue weighted by Crippen LogP contribution is -2.32. The predicted octanol–water partition coefficient (Wildman–Crippen LogP) is 2.41. The van der Waals surface area contributed by atoms with E-state index in [0.29, 0.717) is 6.04 Å². The van der Waals surface area contributed by atoms with Gasteiger partial charge in [-0.1, -0.05) is 0 Å². The highest BCUT2D eigenvalue weighted by Crippen LogP contribution is 2.21. The van der Waals surface area contributed by atoms with E-state index in [1.165, 1.54) is 0 Å². The number of aliphatic hydroxyl groups excluding tert-OH is 1. The molecular formula is C15H21N3O. The van der Waals surface area contributed by atoms with Crippen molar-refractivity contribution in [1.82, 2.24) is 4.98 Å². The van der Waals surface area contributed by atoms with Crippen LogP contribution in [0.4, 0.5) is 11.5 Å². The van der Waals surface area contributed by atoms with Gasteiger partial charge in [0.1, 0.15) is 5.82 Å². The number of nitrogens with zero attached hydrogens (tertiary/aromatic N) is 2. The fraction of sp³-hybridized carbons (Fsp3) is 0.400. The molecule has 0 saturated heterocycles. The second-order valence-corrected chi connectivity index (χ2v) is 4.99. The third kappa shape index (κ3) is 3.15. The number of nitrogen functional groups attached to an aromatic ring is 1. The summed E-state index contributed by atoms with van der Waals surface area (Å²) in [5, 5.41) is 10.0. The number of hydrogen-bond acceptors (Lipinski definition) is 4. The molecule has 0 amide bonds. The summed E-state index contributed by atoms with van der Waals surface area (Å²) in [4.78, 5) is 6.88. The summed E-state index contributed by atoms with van der Waals surface area (Å²) in [7, 11) is 0. The molecule has 1 aromatic carbocycles. The molecule has 102 valence electrons. The van der Waals surface area contributed by atoms with Crippen molar-refractivity contribution in [2.75, 3.05) is 23.8 Å². The summed E-state index contributed by atoms with van der Waals surface area (Å²) in [5.41, 5.74) is 7.47. The standard InChI is InChI=1S/C15H21N3O/c1-11(2)18(8-3-9-19)15-7-4-12-10-13(16)5-6-14(12)17-15/h4-7,10-11,19H,3,8-9,16H2,1-2H3. The molecule has 3 N–H and O–H groups in total. The number of anilines is 2. The SMILES string of the molecule is CC(C)N(CCCO)c1ccc2cc(N)ccc2n1. The summed E-state index contributed by atoms with van der Waals surface area (Å²) in [5.74, 6) is 0.945. The Balaban J connectivity index is 2.34. The highest BCUT2D eigenvalue weighted by Gasteiger charge is 2.11. The first-order valence-electron chi connectivity index (χ1n) is 6.65. The Morgan fingerprint density at radius 3 is 2.74 bits per heavy atom. The Kier molecular flexibility index (Phi) is 4.22. The van der Waals surface area contributed by atoms with Crippen LogP contribution in [0.25, 0.3) is 10.9 Å². The zero-order chi connectivity index (χ0) is 13.8. The van der Waals surface area contributed by atoms with Gasteiger partial charge >= 0.3 is 0 Å². The van der Waals surface area contributed by atoms with Gasteiger partial charge in [-0.05, 0) is 50.6 Å². The van der Waals surface area contributed by atoms with Gasteiger partial charge in [0.2, 0.25) is 0 Å². The average molecular weight is 259 g/mol. The molecule has 0 atom stereocenters. The van der Waals surface area contributed by atoms with Gasteiger partial charge in [0.25, 0.3) is 0 Å². The Bertz CT molecular complexity index is 554. The van der Waals surface area contributed by atoms with Gasteiger partial charge in [-0.15, -0.1) is 0 Å². The maximum atomic E-state index is 8.99. The molecule has 4 heteroatoms. The number of aliphatic hydroxyl groups is 1. The molecule has 0 fully saturated rings. The molecular weight excluding hydrogens is 238 g/mol. The quantitative estimate of drug-likeness (QED) is 0.809. The topological polar surface area (TPSA) is 62.4 Å². The van der Waals surface area contributed by atoms with E-state index in [-0.39, 0.29) is 6.61 Å². The first-order chi connectivity index (χ1) is 9.11. The van der Waals surface area contributed by atoms with Crippen LogP contribution in [0.5, 0.6) is 0 Å². The van der Waals surface area contributed by atoms with Crippen LogP contribution >= 0.6 is 0 Å². The second-order valence-electron chi connectivity index (χ2n) is 4.99. The molecule has 0 radical (unpaired) electrons. The minimum absolute atomic E-state index is 0.202. The van der Waals surface area contributed by atoms with E-state index in [9.17, 15) is 0 Å². The van der Waals surface area contributed by atoms with Crippen LogP contribution in [0.3, 0.4) is 0 Å². The summed E-state index contributed by atoms with van der Waals surface area (Å²) in [6, 6.07) is 10.2. The minimum atomic E-state index is 0.202. The number of aromatic nitrogens is 1. The third-order valence-electron chi connectivity index (χ3n) is 3.17. The highest BCUT2D eigenvalue weighted by atomic mass is 16.3. The lowest BCUT2D eigenvalue weighted by atomic mass is 10.2. The van der Waals surface area contributed by atoms with Crippen molar-refractivity contribution >= 4 is 22.4 Å². The summed E-state index contributed by atoms with van der Waals surface area (Å²) in [6.07, 6.45) is 0.750. The molecule has 0 aliphatic carbocycles. The van der Waals surface area contributed by atoms with Crippen LogP contribution in [0, 0.1) is 0 Å². The van der Waals surface area contributed by atoms with Crippen molar-refractivity contribution in [2.45, 2.75) is 26.3 Å². The van der Waals surface area contributed by atoms with Crippen molar-refractivity contribution < 1.29 is 5.11 Å². The first kappa shape index (κ1) is 13.6. The van der Waals surface area contributed by atoms with Crippen LogP contribution < -0.4 is 10.6 Å². The maximum absolute atomic E-state index is 8.99. The molecule has 2 aromatic rings. The fourth-order valence-electron chi connectivity index (χ4n) is 2.17. The Hall–Kier alpha value is -1.81. The molecule has 1 heterocycles. The van der Waals surface area contributed by atoms with E-state index in [2.05, 4.69) is 23.7 Å². The normalized spacial score (nSPS) is 11.2. The largest absolute Gasteiger partial charge is 0.399 e. The Morgan fingerprint density at radius 2 is 2.05 bits per heavy atom. The number of fused-ring (bicyclic) bond motifs is 1. The van der Waals surface area contributed by atoms with Crippen LogP contribution in [0.2, 0.25) is 0 Å². The maximum Gasteiger partial charge on any atom is 0.129 e. The third-order valence-corrected chi connectivity index (χ3v) is 3.17. The highest BCUT2D eigenvalue weighted by molar-refractivity contribution is 5.83. The molecule has 1 aromatic heterocycles. The monoisotopic (exact) mass is 259 g/mol. The zero-order valence-electron chi connectivity index (χ0n) is 11.5. The van der Waals surface area contributed by atoms with Gasteiger partial charge in [0, 0.05) is 30.3 Å². The van der Waals surface area contributed by atoms with Gasteiger partial charge < -0.3 is 15.7 Å². The number of pyridine rings is 1. The number of nitrogens with two attached hydrogens (primary N) is 1. The fourth-order valence-corrected chi connectivity index (χ4v) is 2.17. The number of hydrogen-bond donors (Lipinski definition) is 2. The molecule has 0 unspecified atom stereocenters. The molecule has 0 saturated carbocycles. The number of rotatable bonds is 5. The van der Waals surface area contributed by atoms with E-state index in [0.717, 1.165) is 35.4 Å². The van der Waals surface area contributed by atoms with Crippen LogP contribution in [0.1, 0.15) is 20.3 Å². The van der Waals surface area contributed by atoms with Gasteiger partial charge in [-0.3, -0.25) is 0 Å². The predicted molar refractivity (Wildman–Crippen MR) is 80.3 cm³/mol. The summed E-state index contributed by atoms with van der Waals surface area (Å²) >= 11 is 0. The molecule has 2 rings (SSSR count). The minimum Gasteiger partial charge on any atom is -0.399 e. The van der Waals surface area contributed by atoms with Crippen molar-refractivity contribution in [2.24, 2.45) is 0 Å². The van der Waals surface area contributed by atoms with Crippen molar-refractivity contribution in [3.63, 3.8) is 0 Å². The molecule has 19 heavy (non-hydrogen) atoms. The van der Waals surface area contributed by atoms with Gasteiger partial charge in [-0.2, -0.15) is 0 Å². The molecule has 0 aliphatic heterocycles. The van der Waals surface area contributed by atoms with Crippen LogP contribution in [-0.4, -0.2) is 29.3 Å². The average Bonchev–Trinajstić information content (AvgIpc) is 2.39. The van der Waals surface area contributed by atoms with Crippen molar-refractivity contribution in [1.29, 1.82) is 0 Å². The van der Waals surface area contributed by atoms with Gasteiger partial charge in [0.15, 0.2) is 0 Å². The Morgan fingerprint density at radius 1 is 1.26 bits per heavy atom. The smallest absolute Gasteiger partial charge is 0.129 e. The van der Waals surface area contributed by atoms with Crippen molar-refractivity contribution in [3.8, 4) is 0 Å². The Labute approximate surface area is 113 Å². The van der Waals surface area contributed by atoms with E-state index in [1.807, 2.05) is 30.3 Å². The van der Waals surface area contributed by atoms with E-state index in [1.54, 1.807) is 0 Å². The van der Waals surface area contributed by atoms with Crippen LogP contribution in [-0.2, 0) is 0 Å². The van der Waals surface area contributed by atoms with E-state index < -0.39 is 0 Å².